The lowest BCUT2D eigenvalue weighted by atomic mass is 10.1. The molecule has 3 rings (SSSR count). The van der Waals surface area contributed by atoms with E-state index < -0.39 is 0 Å². The molecule has 5 nitrogen and oxygen atoms in total. The molecule has 23 heavy (non-hydrogen) atoms. The SMILES string of the molecule is CC(=O)c1ccccc1N=Cc1c(N)oc2ccccc2c1=O. The van der Waals surface area contributed by atoms with Gasteiger partial charge in [-0.2, -0.15) is 0 Å². The monoisotopic (exact) mass is 306 g/mol. The summed E-state index contributed by atoms with van der Waals surface area (Å²) < 4.78 is 5.46. The predicted molar refractivity (Wildman–Crippen MR) is 90.6 cm³/mol. The number of hydrogen-bond donors (Lipinski definition) is 1. The third kappa shape index (κ3) is 2.76. The molecule has 0 fully saturated rings. The summed E-state index contributed by atoms with van der Waals surface area (Å²) in [4.78, 5) is 28.3. The van der Waals surface area contributed by atoms with Crippen molar-refractivity contribution in [2.24, 2.45) is 4.99 Å². The van der Waals surface area contributed by atoms with Gasteiger partial charge < -0.3 is 10.2 Å². The zero-order valence-corrected chi connectivity index (χ0v) is 12.4. The average Bonchev–Trinajstić information content (AvgIpc) is 2.55. The van der Waals surface area contributed by atoms with Crippen molar-refractivity contribution in [3.05, 3.63) is 69.9 Å². The lowest BCUT2D eigenvalue weighted by Gasteiger charge is -2.03. The lowest BCUT2D eigenvalue weighted by molar-refractivity contribution is 0.101. The van der Waals surface area contributed by atoms with E-state index >= 15 is 0 Å². The first-order valence-corrected chi connectivity index (χ1v) is 7.03. The Balaban J connectivity index is 2.12. The second-order valence-corrected chi connectivity index (χ2v) is 5.04. The topological polar surface area (TPSA) is 85.7 Å². The number of nitrogen functional groups attached to an aromatic ring is 1. The molecule has 0 aliphatic rings. The number of anilines is 1. The Kier molecular flexibility index (Phi) is 3.76. The molecule has 0 spiro atoms. The van der Waals surface area contributed by atoms with Crippen molar-refractivity contribution < 1.29 is 9.21 Å². The number of rotatable bonds is 3. The first-order chi connectivity index (χ1) is 11.1. The van der Waals surface area contributed by atoms with Crippen molar-refractivity contribution in [3.8, 4) is 0 Å². The molecule has 2 aromatic carbocycles. The van der Waals surface area contributed by atoms with Gasteiger partial charge >= 0.3 is 0 Å². The molecule has 2 N–H and O–H groups in total. The second-order valence-electron chi connectivity index (χ2n) is 5.04. The van der Waals surface area contributed by atoms with Crippen LogP contribution in [0.3, 0.4) is 0 Å². The van der Waals surface area contributed by atoms with Gasteiger partial charge in [0.2, 0.25) is 11.3 Å². The Labute approximate surface area is 132 Å². The molecule has 0 unspecified atom stereocenters. The van der Waals surface area contributed by atoms with Gasteiger partial charge in [-0.15, -0.1) is 0 Å². The molecule has 0 saturated carbocycles. The summed E-state index contributed by atoms with van der Waals surface area (Å²) in [6.45, 7) is 1.47. The van der Waals surface area contributed by atoms with Crippen molar-refractivity contribution in [2.45, 2.75) is 6.92 Å². The van der Waals surface area contributed by atoms with Crippen LogP contribution >= 0.6 is 0 Å². The maximum Gasteiger partial charge on any atom is 0.203 e. The van der Waals surface area contributed by atoms with Gasteiger partial charge in [0.15, 0.2) is 5.78 Å². The van der Waals surface area contributed by atoms with Gasteiger partial charge in [-0.25, -0.2) is 0 Å². The largest absolute Gasteiger partial charge is 0.440 e. The van der Waals surface area contributed by atoms with Crippen LogP contribution in [0.4, 0.5) is 11.6 Å². The molecule has 0 aliphatic carbocycles. The van der Waals surface area contributed by atoms with E-state index in [9.17, 15) is 9.59 Å². The summed E-state index contributed by atoms with van der Waals surface area (Å²) in [5, 5.41) is 0.433. The van der Waals surface area contributed by atoms with Crippen LogP contribution < -0.4 is 11.2 Å². The molecule has 5 heteroatoms. The minimum absolute atomic E-state index is 0.00208. The smallest absolute Gasteiger partial charge is 0.203 e. The number of nitrogens with zero attached hydrogens (tertiary/aromatic N) is 1. The number of para-hydroxylation sites is 2. The number of nitrogens with two attached hydrogens (primary N) is 1. The van der Waals surface area contributed by atoms with E-state index in [0.717, 1.165) is 0 Å². The summed E-state index contributed by atoms with van der Waals surface area (Å²) in [6.07, 6.45) is 1.34. The second kappa shape index (κ2) is 5.88. The van der Waals surface area contributed by atoms with E-state index in [1.54, 1.807) is 48.5 Å². The van der Waals surface area contributed by atoms with Gasteiger partial charge in [-0.3, -0.25) is 14.6 Å². The van der Waals surface area contributed by atoms with Crippen LogP contribution in [-0.2, 0) is 0 Å². The Hall–Kier alpha value is -3.21. The molecule has 0 aliphatic heterocycles. The van der Waals surface area contributed by atoms with Gasteiger partial charge in [-0.1, -0.05) is 24.3 Å². The Bertz CT molecular complexity index is 987. The molecule has 1 aromatic heterocycles. The number of hydrogen-bond acceptors (Lipinski definition) is 5. The summed E-state index contributed by atoms with van der Waals surface area (Å²) in [7, 11) is 0. The fraction of sp³-hybridized carbons (Fsp3) is 0.0556. The number of benzene rings is 2. The maximum absolute atomic E-state index is 12.5. The van der Waals surface area contributed by atoms with E-state index in [1.807, 2.05) is 0 Å². The number of carbonyl (C=O) groups excluding carboxylic acids is 1. The van der Waals surface area contributed by atoms with E-state index in [2.05, 4.69) is 4.99 Å². The normalized spacial score (nSPS) is 11.2. The molecule has 1 heterocycles. The van der Waals surface area contributed by atoms with E-state index in [4.69, 9.17) is 10.2 Å². The van der Waals surface area contributed by atoms with Crippen molar-refractivity contribution in [3.63, 3.8) is 0 Å². The van der Waals surface area contributed by atoms with Crippen LogP contribution in [0, 0.1) is 0 Å². The van der Waals surface area contributed by atoms with E-state index in [0.29, 0.717) is 22.2 Å². The number of carbonyl (C=O) groups is 1. The van der Waals surface area contributed by atoms with Crippen LogP contribution in [0.1, 0.15) is 22.8 Å². The molecular weight excluding hydrogens is 292 g/mol. The highest BCUT2D eigenvalue weighted by atomic mass is 16.3. The highest BCUT2D eigenvalue weighted by Crippen LogP contribution is 2.20. The zero-order valence-electron chi connectivity index (χ0n) is 12.4. The van der Waals surface area contributed by atoms with Crippen molar-refractivity contribution in [1.82, 2.24) is 0 Å². The molecule has 0 amide bonds. The highest BCUT2D eigenvalue weighted by molar-refractivity contribution is 6.00. The number of ketones is 1. The fourth-order valence-corrected chi connectivity index (χ4v) is 2.31. The molecule has 0 bridgehead atoms. The molecular formula is C18H14N2O3. The van der Waals surface area contributed by atoms with Gasteiger partial charge in [0.25, 0.3) is 0 Å². The van der Waals surface area contributed by atoms with Crippen molar-refractivity contribution in [1.29, 1.82) is 0 Å². The lowest BCUT2D eigenvalue weighted by Crippen LogP contribution is -2.11. The van der Waals surface area contributed by atoms with E-state index in [1.165, 1.54) is 13.1 Å². The van der Waals surface area contributed by atoms with Crippen LogP contribution in [0.15, 0.2) is 62.7 Å². The zero-order chi connectivity index (χ0) is 16.4. The van der Waals surface area contributed by atoms with Crippen LogP contribution in [0.2, 0.25) is 0 Å². The minimum Gasteiger partial charge on any atom is -0.440 e. The van der Waals surface area contributed by atoms with Crippen LogP contribution in [0.5, 0.6) is 0 Å². The maximum atomic E-state index is 12.5. The number of fused-ring (bicyclic) bond motifs is 1. The highest BCUT2D eigenvalue weighted by Gasteiger charge is 2.11. The summed E-state index contributed by atoms with van der Waals surface area (Å²) in [5.41, 5.74) is 7.12. The first kappa shape index (κ1) is 14.7. The van der Waals surface area contributed by atoms with E-state index in [-0.39, 0.29) is 22.7 Å². The average molecular weight is 306 g/mol. The van der Waals surface area contributed by atoms with Gasteiger partial charge in [0.05, 0.1) is 11.1 Å². The molecule has 3 aromatic rings. The molecule has 0 radical (unpaired) electrons. The summed E-state index contributed by atoms with van der Waals surface area (Å²) in [5.74, 6) is -0.103. The number of aliphatic imine (C=N–C) groups is 1. The molecule has 0 saturated heterocycles. The van der Waals surface area contributed by atoms with Gasteiger partial charge in [-0.05, 0) is 31.2 Å². The Morgan fingerprint density at radius 3 is 2.61 bits per heavy atom. The minimum atomic E-state index is -0.256. The molecule has 114 valence electrons. The van der Waals surface area contributed by atoms with Crippen LogP contribution in [-0.4, -0.2) is 12.0 Å². The van der Waals surface area contributed by atoms with Crippen molar-refractivity contribution >= 4 is 34.5 Å². The van der Waals surface area contributed by atoms with Gasteiger partial charge in [0, 0.05) is 11.8 Å². The fourth-order valence-electron chi connectivity index (χ4n) is 2.31. The standard InChI is InChI=1S/C18H14N2O3/c1-11(21)12-6-2-4-8-15(12)20-10-14-17(22)13-7-3-5-9-16(13)23-18(14)19/h2-10H,19H2,1H3. The summed E-state index contributed by atoms with van der Waals surface area (Å²) >= 11 is 0. The number of Topliss-reactive ketones (excluding diaryl/α,β-unsaturated/α-hetero) is 1. The molecule has 0 atom stereocenters. The third-order valence-electron chi connectivity index (χ3n) is 3.48. The Morgan fingerprint density at radius 2 is 1.83 bits per heavy atom. The van der Waals surface area contributed by atoms with Crippen LogP contribution in [0.25, 0.3) is 11.0 Å². The van der Waals surface area contributed by atoms with Crippen molar-refractivity contribution in [2.75, 3.05) is 5.73 Å². The van der Waals surface area contributed by atoms with Gasteiger partial charge in [0.1, 0.15) is 11.1 Å². The Morgan fingerprint density at radius 1 is 1.13 bits per heavy atom. The summed E-state index contributed by atoms with van der Waals surface area (Å²) in [6, 6.07) is 13.8. The first-order valence-electron chi connectivity index (χ1n) is 7.03. The predicted octanol–water partition coefficient (Wildman–Crippen LogP) is 3.33. The third-order valence-corrected chi connectivity index (χ3v) is 3.48. The quantitative estimate of drug-likeness (QED) is 0.594.